The van der Waals surface area contributed by atoms with Crippen molar-refractivity contribution >= 4 is 17.4 Å². The van der Waals surface area contributed by atoms with Gasteiger partial charge < -0.3 is 5.32 Å². The molecule has 7 nitrogen and oxygen atoms in total. The van der Waals surface area contributed by atoms with E-state index in [0.717, 1.165) is 31.2 Å². The highest BCUT2D eigenvalue weighted by Gasteiger charge is 2.24. The van der Waals surface area contributed by atoms with Gasteiger partial charge in [0.05, 0.1) is 17.3 Å². The minimum atomic E-state index is -0.192. The number of anilines is 2. The molecule has 0 saturated heterocycles. The minimum absolute atomic E-state index is 0.192. The molecule has 0 saturated carbocycles. The molecule has 158 valence electrons. The first-order valence-electron chi connectivity index (χ1n) is 11.1. The van der Waals surface area contributed by atoms with Crippen LogP contribution in [0.15, 0.2) is 41.2 Å². The van der Waals surface area contributed by atoms with Gasteiger partial charge in [0.15, 0.2) is 0 Å². The third kappa shape index (κ3) is 3.16. The molecule has 32 heavy (non-hydrogen) atoms. The Balaban J connectivity index is 1.34. The number of aromatic nitrogens is 4. The van der Waals surface area contributed by atoms with Crippen LogP contribution in [-0.4, -0.2) is 19.6 Å². The van der Waals surface area contributed by atoms with Gasteiger partial charge in [0.1, 0.15) is 0 Å². The number of H-pyrrole nitrogens is 1. The number of fused-ring (bicyclic) bond motifs is 3. The zero-order valence-corrected chi connectivity index (χ0v) is 17.6. The van der Waals surface area contributed by atoms with Gasteiger partial charge in [-0.2, -0.15) is 14.8 Å². The predicted molar refractivity (Wildman–Crippen MR) is 121 cm³/mol. The molecule has 0 amide bonds. The van der Waals surface area contributed by atoms with E-state index < -0.39 is 0 Å². The van der Waals surface area contributed by atoms with E-state index in [4.69, 9.17) is 5.26 Å². The third-order valence-corrected chi connectivity index (χ3v) is 6.57. The molecular formula is C25H22N6O. The number of nitrogens with one attached hydrogen (secondary N) is 2. The Kier molecular flexibility index (Phi) is 4.32. The maximum atomic E-state index is 12.7. The van der Waals surface area contributed by atoms with Crippen LogP contribution in [0.3, 0.4) is 0 Å². The van der Waals surface area contributed by atoms with Gasteiger partial charge in [0.25, 0.3) is 11.3 Å². The summed E-state index contributed by atoms with van der Waals surface area (Å²) in [6.07, 6.45) is 7.32. The molecule has 0 spiro atoms. The second-order valence-corrected chi connectivity index (χ2v) is 8.64. The molecule has 2 aromatic heterocycles. The molecule has 2 heterocycles. The Bertz CT molecular complexity index is 1420. The lowest BCUT2D eigenvalue weighted by atomic mass is 9.99. The first-order chi connectivity index (χ1) is 15.7. The zero-order chi connectivity index (χ0) is 21.7. The number of nitriles is 1. The molecule has 6 rings (SSSR count). The van der Waals surface area contributed by atoms with Gasteiger partial charge in [-0.05, 0) is 78.5 Å². The van der Waals surface area contributed by atoms with Crippen LogP contribution in [0, 0.1) is 11.3 Å². The number of hydrogen-bond acceptors (Lipinski definition) is 5. The van der Waals surface area contributed by atoms with E-state index in [9.17, 15) is 4.79 Å². The average Bonchev–Trinajstić information content (AvgIpc) is 3.53. The van der Waals surface area contributed by atoms with Gasteiger partial charge in [-0.25, -0.2) is 4.98 Å². The summed E-state index contributed by atoms with van der Waals surface area (Å²) >= 11 is 0. The van der Waals surface area contributed by atoms with Crippen molar-refractivity contribution in [2.75, 3.05) is 5.32 Å². The molecule has 0 bridgehead atoms. The predicted octanol–water partition coefficient (Wildman–Crippen LogP) is 3.60. The van der Waals surface area contributed by atoms with Gasteiger partial charge in [-0.15, -0.1) is 0 Å². The molecule has 4 aromatic rings. The Labute approximate surface area is 184 Å². The van der Waals surface area contributed by atoms with E-state index in [0.29, 0.717) is 29.4 Å². The highest BCUT2D eigenvalue weighted by atomic mass is 16.1. The molecule has 2 aliphatic carbocycles. The minimum Gasteiger partial charge on any atom is -0.324 e. The molecule has 2 N–H and O–H groups in total. The number of rotatable bonds is 4. The molecule has 0 atom stereocenters. The van der Waals surface area contributed by atoms with Crippen molar-refractivity contribution in [2.24, 2.45) is 0 Å². The molecule has 0 aliphatic heterocycles. The van der Waals surface area contributed by atoms with Crippen LogP contribution < -0.4 is 10.9 Å². The molecule has 0 radical (unpaired) electrons. The summed E-state index contributed by atoms with van der Waals surface area (Å²) in [7, 11) is 0. The van der Waals surface area contributed by atoms with Gasteiger partial charge in [0.2, 0.25) is 5.95 Å². The number of nitrogens with zero attached hydrogens (tertiary/aromatic N) is 4. The Hall–Kier alpha value is -3.92. The fourth-order valence-electron chi connectivity index (χ4n) is 5.07. The second-order valence-electron chi connectivity index (χ2n) is 8.64. The van der Waals surface area contributed by atoms with Crippen LogP contribution in [0.25, 0.3) is 5.78 Å². The zero-order valence-electron chi connectivity index (χ0n) is 17.6. The Morgan fingerprint density at radius 2 is 1.72 bits per heavy atom. The van der Waals surface area contributed by atoms with Crippen LogP contribution in [0.2, 0.25) is 0 Å². The van der Waals surface area contributed by atoms with Crippen LogP contribution >= 0.6 is 0 Å². The maximum absolute atomic E-state index is 12.7. The van der Waals surface area contributed by atoms with Crippen LogP contribution in [-0.2, 0) is 32.1 Å². The number of aromatic amines is 1. The van der Waals surface area contributed by atoms with Crippen molar-refractivity contribution in [3.05, 3.63) is 85.8 Å². The maximum Gasteiger partial charge on any atom is 0.274 e. The van der Waals surface area contributed by atoms with Gasteiger partial charge in [-0.3, -0.25) is 9.89 Å². The van der Waals surface area contributed by atoms with E-state index in [-0.39, 0.29) is 5.56 Å². The van der Waals surface area contributed by atoms with Crippen molar-refractivity contribution in [1.82, 2.24) is 19.6 Å². The SMILES string of the molecule is N#Cc1ccc(Cc2cc(=O)n3[nH]c(Nc4c5c(cc6c4CCC6)CCC5)nc3n2)cc1. The molecule has 2 aliphatic rings. The third-order valence-electron chi connectivity index (χ3n) is 6.57. The van der Waals surface area contributed by atoms with Crippen LogP contribution in [0.4, 0.5) is 11.6 Å². The van der Waals surface area contributed by atoms with Crippen molar-refractivity contribution < 1.29 is 0 Å². The molecule has 7 heteroatoms. The summed E-state index contributed by atoms with van der Waals surface area (Å²) < 4.78 is 1.38. The van der Waals surface area contributed by atoms with Gasteiger partial charge in [0, 0.05) is 18.2 Å². The fraction of sp³-hybridized carbons (Fsp3) is 0.280. The van der Waals surface area contributed by atoms with Gasteiger partial charge >= 0.3 is 0 Å². The highest BCUT2D eigenvalue weighted by molar-refractivity contribution is 5.70. The molecule has 0 fully saturated rings. The largest absolute Gasteiger partial charge is 0.324 e. The number of aryl methyl sites for hydroxylation is 2. The monoisotopic (exact) mass is 422 g/mol. The summed E-state index contributed by atoms with van der Waals surface area (Å²) in [4.78, 5) is 21.9. The molecule has 0 unspecified atom stereocenters. The first-order valence-corrected chi connectivity index (χ1v) is 11.1. The second kappa shape index (κ2) is 7.34. The van der Waals surface area contributed by atoms with Crippen molar-refractivity contribution in [2.45, 2.75) is 44.9 Å². The fourth-order valence-corrected chi connectivity index (χ4v) is 5.07. The normalized spacial score (nSPS) is 14.3. The van der Waals surface area contributed by atoms with E-state index in [1.165, 1.54) is 51.4 Å². The molecular weight excluding hydrogens is 400 g/mol. The molecule has 2 aromatic carbocycles. The smallest absolute Gasteiger partial charge is 0.274 e. The average molecular weight is 422 g/mol. The van der Waals surface area contributed by atoms with Crippen LogP contribution in [0.1, 0.15) is 51.9 Å². The van der Waals surface area contributed by atoms with Crippen LogP contribution in [0.5, 0.6) is 0 Å². The first kappa shape index (κ1) is 18.8. The van der Waals surface area contributed by atoms with E-state index in [1.807, 2.05) is 12.1 Å². The lowest BCUT2D eigenvalue weighted by Crippen LogP contribution is -2.16. The quantitative estimate of drug-likeness (QED) is 0.524. The summed E-state index contributed by atoms with van der Waals surface area (Å²) in [5, 5.41) is 15.6. The van der Waals surface area contributed by atoms with Gasteiger partial charge in [-0.1, -0.05) is 18.2 Å². The summed E-state index contributed by atoms with van der Waals surface area (Å²) in [5.74, 6) is 0.896. The highest BCUT2D eigenvalue weighted by Crippen LogP contribution is 2.39. The summed E-state index contributed by atoms with van der Waals surface area (Å²) in [5.41, 5.74) is 8.93. The lowest BCUT2D eigenvalue weighted by Gasteiger charge is -2.15. The lowest BCUT2D eigenvalue weighted by molar-refractivity contribution is 0.881. The summed E-state index contributed by atoms with van der Waals surface area (Å²) in [6, 6.07) is 13.4. The van der Waals surface area contributed by atoms with Crippen molar-refractivity contribution in [3.8, 4) is 6.07 Å². The number of benzene rings is 2. The van der Waals surface area contributed by atoms with Crippen molar-refractivity contribution in [3.63, 3.8) is 0 Å². The topological polar surface area (TPSA) is 98.9 Å². The van der Waals surface area contributed by atoms with E-state index in [2.05, 4.69) is 32.5 Å². The van der Waals surface area contributed by atoms with E-state index in [1.54, 1.807) is 12.1 Å². The number of hydrogen-bond donors (Lipinski definition) is 2. The standard InChI is InChI=1S/C25H22N6O/c26-14-16-9-7-15(8-10-16)11-19-13-22(32)31-25(27-19)29-24(30-31)28-23-20-5-1-3-17(20)12-18-4-2-6-21(18)23/h7-10,12-13H,1-6,11H2,(H2,27,28,29,30). The Morgan fingerprint density at radius 1 is 1.00 bits per heavy atom. The Morgan fingerprint density at radius 3 is 2.41 bits per heavy atom. The summed E-state index contributed by atoms with van der Waals surface area (Å²) in [6.45, 7) is 0. The van der Waals surface area contributed by atoms with E-state index >= 15 is 0 Å². The van der Waals surface area contributed by atoms with Crippen molar-refractivity contribution in [1.29, 1.82) is 5.26 Å².